The molecule has 13 heavy (non-hydrogen) atoms. The van der Waals surface area contributed by atoms with Crippen LogP contribution in [0, 0.1) is 0 Å². The number of aliphatic hydroxyl groups is 1. The van der Waals surface area contributed by atoms with Gasteiger partial charge in [-0.1, -0.05) is 33.6 Å². The summed E-state index contributed by atoms with van der Waals surface area (Å²) in [4.78, 5) is 0. The maximum atomic E-state index is 9.46. The summed E-state index contributed by atoms with van der Waals surface area (Å²) in [5.41, 5.74) is 0.342. The molecule has 1 unspecified atom stereocenters. The molecule has 2 nitrogen and oxygen atoms in total. The van der Waals surface area contributed by atoms with E-state index in [1.54, 1.807) is 12.1 Å². The minimum absolute atomic E-state index is 0.114. The Hall–Kier alpha value is -0.510. The molecule has 0 fully saturated rings. The molecule has 0 heterocycles. The second-order valence-electron chi connectivity index (χ2n) is 2.51. The first-order valence-electron chi connectivity index (χ1n) is 3.54. The molecule has 0 aliphatic carbocycles. The van der Waals surface area contributed by atoms with Crippen molar-refractivity contribution >= 4 is 27.5 Å². The molecule has 0 aliphatic heterocycles. The lowest BCUT2D eigenvalue weighted by molar-refractivity contribution is 0.224. The van der Waals surface area contributed by atoms with Crippen LogP contribution in [0.5, 0.6) is 5.75 Å². The molecule has 0 radical (unpaired) electrons. The summed E-state index contributed by atoms with van der Waals surface area (Å²) in [6, 6.07) is 3.14. The highest BCUT2D eigenvalue weighted by Crippen LogP contribution is 2.35. The average Bonchev–Trinajstić information content (AvgIpc) is 2.10. The maximum Gasteiger partial charge on any atom is 0.140 e. The zero-order chi connectivity index (χ0) is 10.0. The summed E-state index contributed by atoms with van der Waals surface area (Å²) in [6.45, 7) is 3.42. The standard InChI is InChI=1S/C9H8BrClO2/c1-2-8(12)6-3-5(10)4-7(11)9(6)13/h2-4,8,12-13H,1H2. The first kappa shape index (κ1) is 10.6. The van der Waals surface area contributed by atoms with Gasteiger partial charge < -0.3 is 10.2 Å². The minimum atomic E-state index is -0.907. The normalized spacial score (nSPS) is 12.5. The Kier molecular flexibility index (Phi) is 3.36. The van der Waals surface area contributed by atoms with Crippen molar-refractivity contribution < 1.29 is 10.2 Å². The molecule has 4 heteroatoms. The summed E-state index contributed by atoms with van der Waals surface area (Å²) in [7, 11) is 0. The van der Waals surface area contributed by atoms with E-state index in [0.29, 0.717) is 10.0 Å². The second-order valence-corrected chi connectivity index (χ2v) is 3.83. The predicted octanol–water partition coefficient (Wildman–Crippen LogP) is 3.03. The molecule has 0 bridgehead atoms. The van der Waals surface area contributed by atoms with Gasteiger partial charge in [0.1, 0.15) is 11.9 Å². The predicted molar refractivity (Wildman–Crippen MR) is 56.0 cm³/mol. The van der Waals surface area contributed by atoms with E-state index in [-0.39, 0.29) is 10.8 Å². The number of aliphatic hydroxyl groups excluding tert-OH is 1. The lowest BCUT2D eigenvalue weighted by atomic mass is 10.1. The van der Waals surface area contributed by atoms with Crippen LogP contribution in [0.4, 0.5) is 0 Å². The van der Waals surface area contributed by atoms with Gasteiger partial charge in [0, 0.05) is 10.0 Å². The molecule has 1 aromatic rings. The van der Waals surface area contributed by atoms with Crippen molar-refractivity contribution in [3.8, 4) is 5.75 Å². The number of benzene rings is 1. The number of phenolic OH excluding ortho intramolecular Hbond substituents is 1. The maximum absolute atomic E-state index is 9.46. The summed E-state index contributed by atoms with van der Waals surface area (Å²) in [6.07, 6.45) is 0.410. The summed E-state index contributed by atoms with van der Waals surface area (Å²) >= 11 is 8.90. The van der Waals surface area contributed by atoms with Crippen LogP contribution in [-0.4, -0.2) is 10.2 Å². The van der Waals surface area contributed by atoms with E-state index >= 15 is 0 Å². The fourth-order valence-electron chi connectivity index (χ4n) is 0.938. The first-order valence-corrected chi connectivity index (χ1v) is 4.72. The van der Waals surface area contributed by atoms with Crippen molar-refractivity contribution in [2.24, 2.45) is 0 Å². The van der Waals surface area contributed by atoms with Gasteiger partial charge in [0.15, 0.2) is 0 Å². The Morgan fingerprint density at radius 1 is 1.54 bits per heavy atom. The average molecular weight is 264 g/mol. The van der Waals surface area contributed by atoms with Crippen molar-refractivity contribution in [1.29, 1.82) is 0 Å². The highest BCUT2D eigenvalue weighted by Gasteiger charge is 2.12. The largest absolute Gasteiger partial charge is 0.506 e. The highest BCUT2D eigenvalue weighted by molar-refractivity contribution is 9.10. The lowest BCUT2D eigenvalue weighted by Gasteiger charge is -2.09. The highest BCUT2D eigenvalue weighted by atomic mass is 79.9. The monoisotopic (exact) mass is 262 g/mol. The molecular formula is C9H8BrClO2. The number of hydrogen-bond donors (Lipinski definition) is 2. The summed E-state index contributed by atoms with van der Waals surface area (Å²) in [5.74, 6) is -0.114. The number of hydrogen-bond acceptors (Lipinski definition) is 2. The smallest absolute Gasteiger partial charge is 0.140 e. The zero-order valence-corrected chi connectivity index (χ0v) is 9.01. The Labute approximate surface area is 89.6 Å². The van der Waals surface area contributed by atoms with Crippen molar-refractivity contribution in [3.05, 3.63) is 39.8 Å². The van der Waals surface area contributed by atoms with Gasteiger partial charge in [-0.3, -0.25) is 0 Å². The molecule has 0 aromatic heterocycles. The second kappa shape index (κ2) is 4.13. The van der Waals surface area contributed by atoms with E-state index in [1.165, 1.54) is 6.08 Å². The van der Waals surface area contributed by atoms with Crippen LogP contribution in [0.1, 0.15) is 11.7 Å². The molecule has 0 saturated carbocycles. The lowest BCUT2D eigenvalue weighted by Crippen LogP contribution is -1.93. The van der Waals surface area contributed by atoms with Gasteiger partial charge in [-0.2, -0.15) is 0 Å². The fourth-order valence-corrected chi connectivity index (χ4v) is 1.77. The Morgan fingerprint density at radius 3 is 2.69 bits per heavy atom. The molecule has 2 N–H and O–H groups in total. The van der Waals surface area contributed by atoms with E-state index in [4.69, 9.17) is 11.6 Å². The Balaban J connectivity index is 3.27. The minimum Gasteiger partial charge on any atom is -0.506 e. The number of phenols is 1. The molecular weight excluding hydrogens is 255 g/mol. The molecule has 1 aromatic carbocycles. The number of rotatable bonds is 2. The summed E-state index contributed by atoms with van der Waals surface area (Å²) < 4.78 is 0.700. The van der Waals surface area contributed by atoms with Crippen LogP contribution >= 0.6 is 27.5 Å². The topological polar surface area (TPSA) is 40.5 Å². The van der Waals surface area contributed by atoms with Crippen molar-refractivity contribution in [2.75, 3.05) is 0 Å². The number of aromatic hydroxyl groups is 1. The van der Waals surface area contributed by atoms with Crippen LogP contribution in [0.3, 0.4) is 0 Å². The molecule has 0 amide bonds. The van der Waals surface area contributed by atoms with Gasteiger partial charge in [-0.05, 0) is 12.1 Å². The van der Waals surface area contributed by atoms with Crippen molar-refractivity contribution in [2.45, 2.75) is 6.10 Å². The van der Waals surface area contributed by atoms with Crippen LogP contribution in [0.15, 0.2) is 29.3 Å². The Morgan fingerprint density at radius 2 is 2.15 bits per heavy atom. The van der Waals surface area contributed by atoms with E-state index < -0.39 is 6.10 Å². The molecule has 0 saturated heterocycles. The van der Waals surface area contributed by atoms with Crippen LogP contribution in [0.2, 0.25) is 5.02 Å². The third-order valence-electron chi connectivity index (χ3n) is 1.60. The van der Waals surface area contributed by atoms with Crippen LogP contribution in [-0.2, 0) is 0 Å². The first-order chi connectivity index (χ1) is 6.06. The Bertz CT molecular complexity index is 339. The van der Waals surface area contributed by atoms with E-state index in [2.05, 4.69) is 22.5 Å². The molecule has 70 valence electrons. The zero-order valence-electron chi connectivity index (χ0n) is 6.67. The van der Waals surface area contributed by atoms with Gasteiger partial charge in [0.05, 0.1) is 5.02 Å². The molecule has 1 atom stereocenters. The van der Waals surface area contributed by atoms with Gasteiger partial charge in [-0.25, -0.2) is 0 Å². The van der Waals surface area contributed by atoms with Crippen molar-refractivity contribution in [1.82, 2.24) is 0 Å². The molecule has 0 aliphatic rings. The van der Waals surface area contributed by atoms with Crippen LogP contribution in [0.25, 0.3) is 0 Å². The number of halogens is 2. The summed E-state index contributed by atoms with van der Waals surface area (Å²) in [5, 5.41) is 19.1. The van der Waals surface area contributed by atoms with E-state index in [9.17, 15) is 10.2 Å². The van der Waals surface area contributed by atoms with Crippen LogP contribution < -0.4 is 0 Å². The SMILES string of the molecule is C=CC(O)c1cc(Br)cc(Cl)c1O. The third-order valence-corrected chi connectivity index (χ3v) is 2.35. The van der Waals surface area contributed by atoms with Gasteiger partial charge in [0.2, 0.25) is 0 Å². The molecule has 1 rings (SSSR count). The molecule has 0 spiro atoms. The fraction of sp³-hybridized carbons (Fsp3) is 0.111. The van der Waals surface area contributed by atoms with E-state index in [1.807, 2.05) is 0 Å². The van der Waals surface area contributed by atoms with Gasteiger partial charge in [-0.15, -0.1) is 6.58 Å². The quantitative estimate of drug-likeness (QED) is 0.805. The van der Waals surface area contributed by atoms with Gasteiger partial charge in [0.25, 0.3) is 0 Å². The van der Waals surface area contributed by atoms with Gasteiger partial charge >= 0.3 is 0 Å². The van der Waals surface area contributed by atoms with E-state index in [0.717, 1.165) is 0 Å². The van der Waals surface area contributed by atoms with Crippen molar-refractivity contribution in [3.63, 3.8) is 0 Å². The third kappa shape index (κ3) is 2.24.